The van der Waals surface area contributed by atoms with Crippen LogP contribution in [0.5, 0.6) is 0 Å². The van der Waals surface area contributed by atoms with Crippen molar-refractivity contribution in [3.63, 3.8) is 0 Å². The van der Waals surface area contributed by atoms with Crippen LogP contribution in [0.1, 0.15) is 48.5 Å². The van der Waals surface area contributed by atoms with E-state index in [4.69, 9.17) is 10.2 Å². The number of carbonyl (C=O) groups excluding carboxylic acids is 1. The lowest BCUT2D eigenvalue weighted by molar-refractivity contribution is 0.0901. The lowest BCUT2D eigenvalue weighted by Crippen LogP contribution is -2.36. The smallest absolute Gasteiger partial charge is 0.255 e. The summed E-state index contributed by atoms with van der Waals surface area (Å²) < 4.78 is 5.22. The van der Waals surface area contributed by atoms with Crippen LogP contribution in [0, 0.1) is 5.41 Å². The van der Waals surface area contributed by atoms with E-state index in [-0.39, 0.29) is 23.9 Å². The molecule has 2 rings (SSSR count). The van der Waals surface area contributed by atoms with Crippen LogP contribution < -0.4 is 11.1 Å². The van der Waals surface area contributed by atoms with Crippen LogP contribution in [0.3, 0.4) is 0 Å². The number of rotatable bonds is 4. The molecule has 1 heterocycles. The zero-order chi connectivity index (χ0) is 15.5. The molecule has 1 aromatic carbocycles. The largest absolute Gasteiger partial charge is 0.467 e. The van der Waals surface area contributed by atoms with Crippen molar-refractivity contribution in [2.75, 3.05) is 0 Å². The summed E-state index contributed by atoms with van der Waals surface area (Å²) in [4.78, 5) is 12.4. The molecule has 1 aromatic heterocycles. The predicted octanol–water partition coefficient (Wildman–Crippen LogP) is 3.26. The van der Waals surface area contributed by atoms with Gasteiger partial charge in [0.15, 0.2) is 0 Å². The number of benzene rings is 1. The third-order valence-electron chi connectivity index (χ3n) is 3.39. The lowest BCUT2D eigenvalue weighted by Gasteiger charge is -2.31. The third-order valence-corrected chi connectivity index (χ3v) is 3.39. The Morgan fingerprint density at radius 1 is 1.29 bits per heavy atom. The second-order valence-corrected chi connectivity index (χ2v) is 6.19. The first-order valence-electron chi connectivity index (χ1n) is 7.05. The van der Waals surface area contributed by atoms with Crippen molar-refractivity contribution in [2.45, 2.75) is 33.4 Å². The highest BCUT2D eigenvalue weighted by atomic mass is 16.3. The zero-order valence-corrected chi connectivity index (χ0v) is 12.7. The van der Waals surface area contributed by atoms with Crippen LogP contribution in [-0.4, -0.2) is 5.91 Å². The van der Waals surface area contributed by atoms with Crippen molar-refractivity contribution in [3.05, 3.63) is 59.5 Å². The van der Waals surface area contributed by atoms with Crippen molar-refractivity contribution in [3.8, 4) is 0 Å². The molecule has 1 amide bonds. The van der Waals surface area contributed by atoms with Gasteiger partial charge in [-0.25, -0.2) is 0 Å². The molecule has 0 spiro atoms. The predicted molar refractivity (Wildman–Crippen MR) is 82.7 cm³/mol. The Morgan fingerprint density at radius 2 is 1.95 bits per heavy atom. The fourth-order valence-electron chi connectivity index (χ4n) is 2.27. The highest BCUT2D eigenvalue weighted by molar-refractivity contribution is 5.94. The van der Waals surface area contributed by atoms with E-state index in [0.29, 0.717) is 11.3 Å². The fourth-order valence-corrected chi connectivity index (χ4v) is 2.27. The summed E-state index contributed by atoms with van der Waals surface area (Å²) in [5.41, 5.74) is 6.98. The summed E-state index contributed by atoms with van der Waals surface area (Å²) in [6.07, 6.45) is 1.45. The van der Waals surface area contributed by atoms with Crippen LogP contribution in [0.2, 0.25) is 0 Å². The number of nitrogens with one attached hydrogen (secondary N) is 1. The highest BCUT2D eigenvalue weighted by Gasteiger charge is 2.28. The summed E-state index contributed by atoms with van der Waals surface area (Å²) in [5, 5.41) is 3.09. The first kappa shape index (κ1) is 15.3. The summed E-state index contributed by atoms with van der Waals surface area (Å²) in [7, 11) is 0. The van der Waals surface area contributed by atoms with Crippen LogP contribution in [0.4, 0.5) is 0 Å². The minimum Gasteiger partial charge on any atom is -0.467 e. The molecular weight excluding hydrogens is 264 g/mol. The van der Waals surface area contributed by atoms with E-state index >= 15 is 0 Å². The molecule has 0 saturated heterocycles. The molecule has 1 unspecified atom stereocenters. The van der Waals surface area contributed by atoms with Gasteiger partial charge in [0.05, 0.1) is 18.2 Å². The molecule has 2 aromatic rings. The van der Waals surface area contributed by atoms with Gasteiger partial charge in [-0.15, -0.1) is 0 Å². The Labute approximate surface area is 125 Å². The Balaban J connectivity index is 2.21. The number of amides is 1. The van der Waals surface area contributed by atoms with Crippen LogP contribution in [0.25, 0.3) is 0 Å². The van der Waals surface area contributed by atoms with Gasteiger partial charge in [-0.2, -0.15) is 0 Å². The molecule has 0 aliphatic rings. The molecule has 0 aliphatic heterocycles. The van der Waals surface area contributed by atoms with Gasteiger partial charge in [0.2, 0.25) is 0 Å². The molecule has 0 fully saturated rings. The zero-order valence-electron chi connectivity index (χ0n) is 12.7. The number of furan rings is 1. The maximum atomic E-state index is 12.4. The molecule has 3 N–H and O–H groups in total. The van der Waals surface area contributed by atoms with E-state index in [1.165, 1.54) is 6.26 Å². The summed E-state index contributed by atoms with van der Waals surface area (Å²) in [6, 6.07) is 11.6. The van der Waals surface area contributed by atoms with Crippen molar-refractivity contribution in [1.82, 2.24) is 5.32 Å². The van der Waals surface area contributed by atoms with Crippen molar-refractivity contribution in [1.29, 1.82) is 0 Å². The molecule has 21 heavy (non-hydrogen) atoms. The molecule has 1 atom stereocenters. The maximum absolute atomic E-state index is 12.4. The summed E-state index contributed by atoms with van der Waals surface area (Å²) in [6.45, 7) is 6.59. The molecule has 0 aliphatic carbocycles. The maximum Gasteiger partial charge on any atom is 0.255 e. The van der Waals surface area contributed by atoms with Gasteiger partial charge in [0.25, 0.3) is 5.91 Å². The van der Waals surface area contributed by atoms with E-state index in [2.05, 4.69) is 26.1 Å². The molecule has 112 valence electrons. The lowest BCUT2D eigenvalue weighted by atomic mass is 9.82. The molecule has 0 radical (unpaired) electrons. The Morgan fingerprint density at radius 3 is 2.48 bits per heavy atom. The van der Waals surface area contributed by atoms with Crippen molar-refractivity contribution >= 4 is 5.91 Å². The monoisotopic (exact) mass is 286 g/mol. The second kappa shape index (κ2) is 6.14. The van der Waals surface area contributed by atoms with Crippen LogP contribution in [-0.2, 0) is 6.54 Å². The molecule has 4 heteroatoms. The average Bonchev–Trinajstić information content (AvgIpc) is 2.93. The van der Waals surface area contributed by atoms with Gasteiger partial charge in [-0.1, -0.05) is 51.1 Å². The first-order valence-corrected chi connectivity index (χ1v) is 7.05. The van der Waals surface area contributed by atoms with Crippen molar-refractivity contribution in [2.24, 2.45) is 11.1 Å². The topological polar surface area (TPSA) is 68.3 Å². The Bertz CT molecular complexity index is 597. The van der Waals surface area contributed by atoms with Crippen LogP contribution >= 0.6 is 0 Å². The first-order chi connectivity index (χ1) is 9.91. The van der Waals surface area contributed by atoms with E-state index in [9.17, 15) is 4.79 Å². The van der Waals surface area contributed by atoms with E-state index in [1.54, 1.807) is 6.07 Å². The minimum atomic E-state index is -0.151. The number of hydrogen-bond acceptors (Lipinski definition) is 3. The normalized spacial score (nSPS) is 13.0. The SMILES string of the molecule is CC(C)(C)C(NC(=O)c1coc(CN)c1)c1ccccc1. The number of hydrogen-bond donors (Lipinski definition) is 2. The summed E-state index contributed by atoms with van der Waals surface area (Å²) in [5.74, 6) is 0.453. The van der Waals surface area contributed by atoms with Gasteiger partial charge in [-0.3, -0.25) is 4.79 Å². The quantitative estimate of drug-likeness (QED) is 0.906. The Kier molecular flexibility index (Phi) is 4.48. The Hall–Kier alpha value is -2.07. The molecule has 0 bridgehead atoms. The van der Waals surface area contributed by atoms with Gasteiger partial charge in [-0.05, 0) is 17.0 Å². The van der Waals surface area contributed by atoms with Gasteiger partial charge in [0, 0.05) is 0 Å². The number of nitrogens with two attached hydrogens (primary N) is 1. The van der Waals surface area contributed by atoms with Gasteiger partial charge >= 0.3 is 0 Å². The third kappa shape index (κ3) is 3.73. The van der Waals surface area contributed by atoms with Crippen molar-refractivity contribution < 1.29 is 9.21 Å². The standard InChI is InChI=1S/C17H22N2O2/c1-17(2,3)15(12-7-5-4-6-8-12)19-16(20)13-9-14(10-18)21-11-13/h4-9,11,15H,10,18H2,1-3H3,(H,19,20). The van der Waals surface area contributed by atoms with E-state index < -0.39 is 0 Å². The highest BCUT2D eigenvalue weighted by Crippen LogP contribution is 2.32. The van der Waals surface area contributed by atoms with Crippen LogP contribution in [0.15, 0.2) is 47.1 Å². The molecule has 4 nitrogen and oxygen atoms in total. The van der Waals surface area contributed by atoms with Gasteiger partial charge < -0.3 is 15.5 Å². The van der Waals surface area contributed by atoms with E-state index in [0.717, 1.165) is 5.56 Å². The molecule has 0 saturated carbocycles. The average molecular weight is 286 g/mol. The number of carbonyl (C=O) groups is 1. The molecular formula is C17H22N2O2. The van der Waals surface area contributed by atoms with Gasteiger partial charge in [0.1, 0.15) is 12.0 Å². The second-order valence-electron chi connectivity index (χ2n) is 6.19. The minimum absolute atomic E-state index is 0.0811. The van der Waals surface area contributed by atoms with E-state index in [1.807, 2.05) is 30.3 Å². The summed E-state index contributed by atoms with van der Waals surface area (Å²) >= 11 is 0. The fraction of sp³-hybridized carbons (Fsp3) is 0.353.